The summed E-state index contributed by atoms with van der Waals surface area (Å²) in [5.74, 6) is -0.502. The molecule has 1 aliphatic heterocycles. The molecule has 0 aliphatic carbocycles. The van der Waals surface area contributed by atoms with Gasteiger partial charge in [0, 0.05) is 23.5 Å². The van der Waals surface area contributed by atoms with Crippen LogP contribution in [0.15, 0.2) is 22.7 Å². The molecule has 0 atom stereocenters. The Balaban J connectivity index is 2.42. The lowest BCUT2D eigenvalue weighted by atomic mass is 9.90. The third-order valence-corrected chi connectivity index (χ3v) is 2.96. The maximum atomic E-state index is 10.9. The minimum Gasteiger partial charge on any atom is -0.478 e. The zero-order valence-electron chi connectivity index (χ0n) is 7.46. The molecular weight excluding hydrogens is 246 g/mol. The maximum Gasteiger partial charge on any atom is 0.335 e. The van der Waals surface area contributed by atoms with Crippen LogP contribution in [0.4, 0.5) is 0 Å². The van der Waals surface area contributed by atoms with Crippen LogP contribution in [0, 0.1) is 0 Å². The van der Waals surface area contributed by atoms with Crippen LogP contribution in [-0.2, 0) is 0 Å². The van der Waals surface area contributed by atoms with Crippen molar-refractivity contribution < 1.29 is 9.90 Å². The number of carbonyl (C=O) groups is 1. The van der Waals surface area contributed by atoms with Gasteiger partial charge in [0.1, 0.15) is 0 Å². The minimum atomic E-state index is -0.848. The normalized spacial score (nSPS) is 16.4. The summed E-state index contributed by atoms with van der Waals surface area (Å²) in [6, 6.07) is 5.31. The molecule has 1 aromatic carbocycles. The zero-order chi connectivity index (χ0) is 10.1. The van der Waals surface area contributed by atoms with Gasteiger partial charge in [-0.2, -0.15) is 0 Å². The van der Waals surface area contributed by atoms with E-state index in [1.807, 2.05) is 6.07 Å². The molecule has 3 nitrogen and oxygen atoms in total. The SMILES string of the molecule is O=C(O)c1ccc(Br)cc1C1CNC1. The monoisotopic (exact) mass is 255 g/mol. The molecule has 1 fully saturated rings. The number of halogens is 1. The second-order valence-corrected chi connectivity index (χ2v) is 4.31. The van der Waals surface area contributed by atoms with Crippen LogP contribution < -0.4 is 5.32 Å². The van der Waals surface area contributed by atoms with E-state index in [1.54, 1.807) is 12.1 Å². The van der Waals surface area contributed by atoms with Crippen LogP contribution in [0.25, 0.3) is 0 Å². The lowest BCUT2D eigenvalue weighted by Crippen LogP contribution is -2.40. The first-order valence-electron chi connectivity index (χ1n) is 4.42. The van der Waals surface area contributed by atoms with Crippen molar-refractivity contribution in [2.24, 2.45) is 0 Å². The van der Waals surface area contributed by atoms with Crippen LogP contribution in [0.1, 0.15) is 21.8 Å². The molecule has 0 spiro atoms. The first kappa shape index (κ1) is 9.68. The molecule has 14 heavy (non-hydrogen) atoms. The number of benzene rings is 1. The maximum absolute atomic E-state index is 10.9. The number of nitrogens with one attached hydrogen (secondary N) is 1. The third-order valence-electron chi connectivity index (χ3n) is 2.47. The predicted molar refractivity (Wildman–Crippen MR) is 56.7 cm³/mol. The van der Waals surface area contributed by atoms with Crippen LogP contribution >= 0.6 is 15.9 Å². The van der Waals surface area contributed by atoms with Gasteiger partial charge in [-0.1, -0.05) is 15.9 Å². The third kappa shape index (κ3) is 1.67. The van der Waals surface area contributed by atoms with E-state index in [-0.39, 0.29) is 0 Å². The van der Waals surface area contributed by atoms with Crippen molar-refractivity contribution in [3.05, 3.63) is 33.8 Å². The van der Waals surface area contributed by atoms with E-state index >= 15 is 0 Å². The van der Waals surface area contributed by atoms with Crippen LogP contribution in [0.5, 0.6) is 0 Å². The number of aromatic carboxylic acids is 1. The molecule has 1 saturated heterocycles. The highest BCUT2D eigenvalue weighted by molar-refractivity contribution is 9.10. The molecule has 1 aromatic rings. The first-order valence-corrected chi connectivity index (χ1v) is 5.21. The van der Waals surface area contributed by atoms with Gasteiger partial charge in [0.25, 0.3) is 0 Å². The summed E-state index contributed by atoms with van der Waals surface area (Å²) in [5, 5.41) is 12.1. The van der Waals surface area contributed by atoms with E-state index < -0.39 is 5.97 Å². The number of carboxylic acid groups (broad SMARTS) is 1. The number of hydrogen-bond acceptors (Lipinski definition) is 2. The fourth-order valence-electron chi connectivity index (χ4n) is 1.57. The van der Waals surface area contributed by atoms with E-state index in [4.69, 9.17) is 5.11 Å². The van der Waals surface area contributed by atoms with Crippen molar-refractivity contribution in [2.75, 3.05) is 13.1 Å². The topological polar surface area (TPSA) is 49.3 Å². The van der Waals surface area contributed by atoms with Gasteiger partial charge < -0.3 is 10.4 Å². The average Bonchev–Trinajstić information content (AvgIpc) is 2.00. The van der Waals surface area contributed by atoms with Crippen LogP contribution in [0.3, 0.4) is 0 Å². The molecule has 0 amide bonds. The van der Waals surface area contributed by atoms with E-state index in [2.05, 4.69) is 21.2 Å². The summed E-state index contributed by atoms with van der Waals surface area (Å²) in [5.41, 5.74) is 1.34. The standard InChI is InChI=1S/C10H10BrNO2/c11-7-1-2-8(10(13)14)9(3-7)6-4-12-5-6/h1-3,6,12H,4-5H2,(H,13,14). The molecule has 0 saturated carbocycles. The molecule has 2 rings (SSSR count). The Bertz CT molecular complexity index is 374. The van der Waals surface area contributed by atoms with E-state index in [0.29, 0.717) is 11.5 Å². The van der Waals surface area contributed by atoms with Crippen molar-refractivity contribution in [1.82, 2.24) is 5.32 Å². The summed E-state index contributed by atoms with van der Waals surface area (Å²) in [7, 11) is 0. The van der Waals surface area contributed by atoms with Gasteiger partial charge in [0.15, 0.2) is 0 Å². The van der Waals surface area contributed by atoms with Gasteiger partial charge in [-0.15, -0.1) is 0 Å². The Kier molecular flexibility index (Phi) is 2.56. The summed E-state index contributed by atoms with van der Waals surface area (Å²) in [6.45, 7) is 1.74. The second-order valence-electron chi connectivity index (χ2n) is 3.39. The summed E-state index contributed by atoms with van der Waals surface area (Å²) < 4.78 is 0.935. The summed E-state index contributed by atoms with van der Waals surface area (Å²) in [4.78, 5) is 10.9. The molecule has 2 N–H and O–H groups in total. The number of rotatable bonds is 2. The van der Waals surface area contributed by atoms with E-state index in [0.717, 1.165) is 23.1 Å². The van der Waals surface area contributed by atoms with Crippen molar-refractivity contribution in [1.29, 1.82) is 0 Å². The Morgan fingerprint density at radius 2 is 2.21 bits per heavy atom. The fourth-order valence-corrected chi connectivity index (χ4v) is 1.95. The second kappa shape index (κ2) is 3.71. The van der Waals surface area contributed by atoms with Gasteiger partial charge in [0.05, 0.1) is 5.56 Å². The van der Waals surface area contributed by atoms with Gasteiger partial charge in [-0.3, -0.25) is 0 Å². The van der Waals surface area contributed by atoms with Crippen LogP contribution in [-0.4, -0.2) is 24.2 Å². The summed E-state index contributed by atoms with van der Waals surface area (Å²) in [6.07, 6.45) is 0. The van der Waals surface area contributed by atoms with E-state index in [1.165, 1.54) is 0 Å². The highest BCUT2D eigenvalue weighted by Crippen LogP contribution is 2.26. The predicted octanol–water partition coefficient (Wildman–Crippen LogP) is 1.83. The Labute approximate surface area is 90.3 Å². The quantitative estimate of drug-likeness (QED) is 0.848. The van der Waals surface area contributed by atoms with Gasteiger partial charge >= 0.3 is 5.97 Å². The molecule has 4 heteroatoms. The molecule has 1 heterocycles. The fraction of sp³-hybridized carbons (Fsp3) is 0.300. The van der Waals surface area contributed by atoms with Crippen LogP contribution in [0.2, 0.25) is 0 Å². The molecule has 1 aliphatic rings. The molecule has 0 bridgehead atoms. The molecule has 0 unspecified atom stereocenters. The largest absolute Gasteiger partial charge is 0.478 e. The van der Waals surface area contributed by atoms with Crippen molar-refractivity contribution >= 4 is 21.9 Å². The lowest BCUT2D eigenvalue weighted by Gasteiger charge is -2.28. The molecule has 0 aromatic heterocycles. The first-order chi connectivity index (χ1) is 6.68. The Morgan fingerprint density at radius 3 is 2.71 bits per heavy atom. The van der Waals surface area contributed by atoms with Gasteiger partial charge in [-0.25, -0.2) is 4.79 Å². The molecular formula is C10H10BrNO2. The highest BCUT2D eigenvalue weighted by atomic mass is 79.9. The van der Waals surface area contributed by atoms with Crippen molar-refractivity contribution in [2.45, 2.75) is 5.92 Å². The number of carboxylic acids is 1. The summed E-state index contributed by atoms with van der Waals surface area (Å²) >= 11 is 3.35. The van der Waals surface area contributed by atoms with Crippen molar-refractivity contribution in [3.8, 4) is 0 Å². The van der Waals surface area contributed by atoms with E-state index in [9.17, 15) is 4.79 Å². The van der Waals surface area contributed by atoms with Gasteiger partial charge in [0.2, 0.25) is 0 Å². The van der Waals surface area contributed by atoms with Crippen molar-refractivity contribution in [3.63, 3.8) is 0 Å². The highest BCUT2D eigenvalue weighted by Gasteiger charge is 2.24. The Morgan fingerprint density at radius 1 is 1.50 bits per heavy atom. The lowest BCUT2D eigenvalue weighted by molar-refractivity contribution is 0.0694. The molecule has 74 valence electrons. The smallest absolute Gasteiger partial charge is 0.335 e. The zero-order valence-corrected chi connectivity index (χ0v) is 9.04. The average molecular weight is 256 g/mol. The minimum absolute atomic E-state index is 0.346. The molecule has 0 radical (unpaired) electrons. The Hall–Kier alpha value is -0.870. The van der Waals surface area contributed by atoms with Gasteiger partial charge in [-0.05, 0) is 23.8 Å². The number of hydrogen-bond donors (Lipinski definition) is 2.